The second kappa shape index (κ2) is 5.58. The molecule has 2 N–H and O–H groups in total. The molecule has 0 amide bonds. The molecule has 0 saturated carbocycles. The highest BCUT2D eigenvalue weighted by atomic mass is 14.9. The summed E-state index contributed by atoms with van der Waals surface area (Å²) >= 11 is 0. The molecule has 1 aromatic heterocycles. The van der Waals surface area contributed by atoms with Crippen molar-refractivity contribution < 1.29 is 0 Å². The van der Waals surface area contributed by atoms with E-state index in [4.69, 9.17) is 5.73 Å². The van der Waals surface area contributed by atoms with Gasteiger partial charge in [-0.2, -0.15) is 0 Å². The van der Waals surface area contributed by atoms with E-state index in [0.717, 1.165) is 30.8 Å². The van der Waals surface area contributed by atoms with Gasteiger partial charge in [0.15, 0.2) is 0 Å². The molecule has 0 aliphatic rings. The highest BCUT2D eigenvalue weighted by Crippen LogP contribution is 2.07. The van der Waals surface area contributed by atoms with Crippen molar-refractivity contribution in [3.05, 3.63) is 17.6 Å². The van der Waals surface area contributed by atoms with Crippen LogP contribution in [-0.2, 0) is 12.8 Å². The topological polar surface area (TPSA) is 51.8 Å². The Hall–Kier alpha value is -1.12. The Bertz CT molecular complexity index is 284. The number of nitrogens with two attached hydrogens (primary N) is 1. The highest BCUT2D eigenvalue weighted by Gasteiger charge is 2.01. The lowest BCUT2D eigenvalue weighted by Crippen LogP contribution is -2.03. The summed E-state index contributed by atoms with van der Waals surface area (Å²) in [5.41, 5.74) is 6.80. The quantitative estimate of drug-likeness (QED) is 0.781. The van der Waals surface area contributed by atoms with Crippen LogP contribution >= 0.6 is 0 Å². The Kier molecular flexibility index (Phi) is 4.36. The number of aromatic nitrogens is 2. The minimum Gasteiger partial charge on any atom is -0.384 e. The first kappa shape index (κ1) is 11.0. The van der Waals surface area contributed by atoms with Crippen molar-refractivity contribution in [3.63, 3.8) is 0 Å². The number of anilines is 1. The third-order valence-electron chi connectivity index (χ3n) is 2.11. The third-order valence-corrected chi connectivity index (χ3v) is 2.11. The minimum atomic E-state index is 0.606. The molecule has 0 fully saturated rings. The molecule has 1 rings (SSSR count). The standard InChI is InChI=1S/C11H19N3/c1-3-5-7-9-8-10(12)14-11(13-9)6-4-2/h8H,3-7H2,1-2H3,(H2,12,13,14). The molecule has 3 nitrogen and oxygen atoms in total. The molecule has 0 aliphatic heterocycles. The van der Waals surface area contributed by atoms with Gasteiger partial charge in [-0.25, -0.2) is 9.97 Å². The van der Waals surface area contributed by atoms with E-state index in [2.05, 4.69) is 23.8 Å². The Labute approximate surface area is 85.8 Å². The van der Waals surface area contributed by atoms with Crippen LogP contribution in [0.2, 0.25) is 0 Å². The number of hydrogen-bond acceptors (Lipinski definition) is 3. The van der Waals surface area contributed by atoms with Crippen LogP contribution in [0.25, 0.3) is 0 Å². The molecule has 78 valence electrons. The van der Waals surface area contributed by atoms with Crippen molar-refractivity contribution in [2.24, 2.45) is 0 Å². The molecular formula is C11H19N3. The first-order chi connectivity index (χ1) is 6.76. The molecule has 0 bridgehead atoms. The van der Waals surface area contributed by atoms with Crippen LogP contribution in [0.1, 0.15) is 44.6 Å². The summed E-state index contributed by atoms with van der Waals surface area (Å²) in [6.07, 6.45) is 5.36. The van der Waals surface area contributed by atoms with Gasteiger partial charge < -0.3 is 5.73 Å². The van der Waals surface area contributed by atoms with Gasteiger partial charge in [-0.05, 0) is 19.3 Å². The van der Waals surface area contributed by atoms with Crippen molar-refractivity contribution in [2.75, 3.05) is 5.73 Å². The Morgan fingerprint density at radius 1 is 1.14 bits per heavy atom. The highest BCUT2D eigenvalue weighted by molar-refractivity contribution is 5.29. The van der Waals surface area contributed by atoms with Crippen molar-refractivity contribution >= 4 is 5.82 Å². The van der Waals surface area contributed by atoms with Gasteiger partial charge in [-0.3, -0.25) is 0 Å². The number of hydrogen-bond donors (Lipinski definition) is 1. The molecular weight excluding hydrogens is 174 g/mol. The van der Waals surface area contributed by atoms with E-state index in [1.165, 1.54) is 12.8 Å². The van der Waals surface area contributed by atoms with E-state index < -0.39 is 0 Å². The van der Waals surface area contributed by atoms with Crippen LogP contribution in [0.15, 0.2) is 6.07 Å². The predicted octanol–water partition coefficient (Wildman–Crippen LogP) is 2.35. The number of aryl methyl sites for hydroxylation is 2. The lowest BCUT2D eigenvalue weighted by Gasteiger charge is -2.04. The summed E-state index contributed by atoms with van der Waals surface area (Å²) in [5.74, 6) is 1.49. The molecule has 14 heavy (non-hydrogen) atoms. The maximum Gasteiger partial charge on any atom is 0.130 e. The zero-order valence-corrected chi connectivity index (χ0v) is 9.08. The first-order valence-electron chi connectivity index (χ1n) is 5.38. The average molecular weight is 193 g/mol. The van der Waals surface area contributed by atoms with Crippen LogP contribution in [0.4, 0.5) is 5.82 Å². The Morgan fingerprint density at radius 2 is 1.93 bits per heavy atom. The van der Waals surface area contributed by atoms with Gasteiger partial charge in [0, 0.05) is 18.2 Å². The van der Waals surface area contributed by atoms with Gasteiger partial charge in [-0.1, -0.05) is 20.3 Å². The van der Waals surface area contributed by atoms with Gasteiger partial charge in [0.25, 0.3) is 0 Å². The van der Waals surface area contributed by atoms with Crippen LogP contribution in [-0.4, -0.2) is 9.97 Å². The fraction of sp³-hybridized carbons (Fsp3) is 0.636. The average Bonchev–Trinajstić information content (AvgIpc) is 2.14. The molecule has 0 saturated heterocycles. The molecule has 0 spiro atoms. The van der Waals surface area contributed by atoms with Gasteiger partial charge in [0.05, 0.1) is 0 Å². The summed E-state index contributed by atoms with van der Waals surface area (Å²) in [5, 5.41) is 0. The first-order valence-corrected chi connectivity index (χ1v) is 5.38. The molecule has 0 aliphatic carbocycles. The largest absolute Gasteiger partial charge is 0.384 e. The smallest absolute Gasteiger partial charge is 0.130 e. The second-order valence-corrected chi connectivity index (χ2v) is 3.55. The maximum atomic E-state index is 5.71. The van der Waals surface area contributed by atoms with E-state index in [1.807, 2.05) is 6.07 Å². The van der Waals surface area contributed by atoms with Crippen molar-refractivity contribution in [1.29, 1.82) is 0 Å². The van der Waals surface area contributed by atoms with Crippen LogP contribution in [0, 0.1) is 0 Å². The predicted molar refractivity (Wildman–Crippen MR) is 59.1 cm³/mol. The SMILES string of the molecule is CCCCc1cc(N)nc(CCC)n1. The number of rotatable bonds is 5. The Morgan fingerprint density at radius 3 is 2.57 bits per heavy atom. The molecule has 1 heterocycles. The van der Waals surface area contributed by atoms with Crippen LogP contribution in [0.5, 0.6) is 0 Å². The monoisotopic (exact) mass is 193 g/mol. The summed E-state index contributed by atoms with van der Waals surface area (Å²) in [7, 11) is 0. The number of nitrogens with zero attached hydrogens (tertiary/aromatic N) is 2. The lowest BCUT2D eigenvalue weighted by atomic mass is 10.2. The normalized spacial score (nSPS) is 10.4. The fourth-order valence-corrected chi connectivity index (χ4v) is 1.40. The van der Waals surface area contributed by atoms with Gasteiger partial charge in [-0.15, -0.1) is 0 Å². The minimum absolute atomic E-state index is 0.606. The molecule has 3 heteroatoms. The fourth-order valence-electron chi connectivity index (χ4n) is 1.40. The molecule has 0 atom stereocenters. The van der Waals surface area contributed by atoms with Crippen LogP contribution in [0.3, 0.4) is 0 Å². The van der Waals surface area contributed by atoms with Crippen LogP contribution < -0.4 is 5.73 Å². The summed E-state index contributed by atoms with van der Waals surface area (Å²) in [6.45, 7) is 4.30. The van der Waals surface area contributed by atoms with Crippen molar-refractivity contribution in [3.8, 4) is 0 Å². The van der Waals surface area contributed by atoms with Gasteiger partial charge in [0.1, 0.15) is 11.6 Å². The van der Waals surface area contributed by atoms with E-state index in [-0.39, 0.29) is 0 Å². The van der Waals surface area contributed by atoms with Gasteiger partial charge in [0.2, 0.25) is 0 Å². The Balaban J connectivity index is 2.73. The third kappa shape index (κ3) is 3.32. The lowest BCUT2D eigenvalue weighted by molar-refractivity contribution is 0.752. The maximum absolute atomic E-state index is 5.71. The van der Waals surface area contributed by atoms with Gasteiger partial charge >= 0.3 is 0 Å². The van der Waals surface area contributed by atoms with E-state index >= 15 is 0 Å². The summed E-state index contributed by atoms with van der Waals surface area (Å²) in [4.78, 5) is 8.67. The van der Waals surface area contributed by atoms with E-state index in [0.29, 0.717) is 5.82 Å². The molecule has 0 radical (unpaired) electrons. The zero-order chi connectivity index (χ0) is 10.4. The molecule has 0 unspecified atom stereocenters. The second-order valence-electron chi connectivity index (χ2n) is 3.55. The van der Waals surface area contributed by atoms with Crippen molar-refractivity contribution in [2.45, 2.75) is 46.0 Å². The number of nitrogen functional groups attached to an aromatic ring is 1. The van der Waals surface area contributed by atoms with E-state index in [9.17, 15) is 0 Å². The summed E-state index contributed by atoms with van der Waals surface area (Å²) < 4.78 is 0. The summed E-state index contributed by atoms with van der Waals surface area (Å²) in [6, 6.07) is 1.88. The molecule has 1 aromatic rings. The zero-order valence-electron chi connectivity index (χ0n) is 9.08. The van der Waals surface area contributed by atoms with E-state index in [1.54, 1.807) is 0 Å². The van der Waals surface area contributed by atoms with Crippen molar-refractivity contribution in [1.82, 2.24) is 9.97 Å². The number of unbranched alkanes of at least 4 members (excludes halogenated alkanes) is 1. The molecule has 0 aromatic carbocycles.